The number of nitrogen functional groups attached to an aromatic ring is 1. The Kier molecular flexibility index (Phi) is 3.04. The number of methoxy groups -OCH3 is 1. The summed E-state index contributed by atoms with van der Waals surface area (Å²) in [5, 5.41) is 3.84. The second kappa shape index (κ2) is 5.00. The minimum atomic E-state index is 0.317. The van der Waals surface area contributed by atoms with E-state index in [0.717, 1.165) is 5.56 Å². The molecule has 0 unspecified atom stereocenters. The van der Waals surface area contributed by atoms with E-state index in [1.54, 1.807) is 31.8 Å². The number of aromatic nitrogens is 3. The molecular weight excluding hydrogens is 256 g/mol. The fraction of sp³-hybridized carbons (Fsp3) is 0.0714. The number of hydrogen-bond acceptors (Lipinski definition) is 6. The first-order chi connectivity index (χ1) is 9.81. The molecule has 0 aliphatic carbocycles. The molecule has 0 spiro atoms. The molecule has 0 fully saturated rings. The Morgan fingerprint density at radius 3 is 2.70 bits per heavy atom. The molecular formula is C14H12N4O2. The predicted octanol–water partition coefficient (Wildman–Crippen LogP) is 2.39. The van der Waals surface area contributed by atoms with Gasteiger partial charge in [0.1, 0.15) is 0 Å². The van der Waals surface area contributed by atoms with Gasteiger partial charge in [0.25, 0.3) is 0 Å². The third kappa shape index (κ3) is 1.97. The maximum Gasteiger partial charge on any atom is 0.224 e. The van der Waals surface area contributed by atoms with E-state index in [4.69, 9.17) is 15.0 Å². The number of rotatable bonds is 3. The van der Waals surface area contributed by atoms with E-state index >= 15 is 0 Å². The van der Waals surface area contributed by atoms with Crippen molar-refractivity contribution in [1.29, 1.82) is 0 Å². The fourth-order valence-electron chi connectivity index (χ4n) is 2.01. The summed E-state index contributed by atoms with van der Waals surface area (Å²) in [6, 6.07) is 7.33. The van der Waals surface area contributed by atoms with Crippen molar-refractivity contribution < 1.29 is 9.26 Å². The normalized spacial score (nSPS) is 10.4. The molecule has 3 heterocycles. The zero-order chi connectivity index (χ0) is 13.9. The minimum absolute atomic E-state index is 0.317. The third-order valence-corrected chi connectivity index (χ3v) is 2.90. The van der Waals surface area contributed by atoms with Gasteiger partial charge in [0.05, 0.1) is 18.2 Å². The van der Waals surface area contributed by atoms with Crippen LogP contribution in [0.1, 0.15) is 0 Å². The Morgan fingerprint density at radius 1 is 1.15 bits per heavy atom. The molecule has 6 heteroatoms. The SMILES string of the molecule is COc1ncccc1-c1onc(N)c1-c1ccncc1. The average Bonchev–Trinajstić information content (AvgIpc) is 2.89. The topological polar surface area (TPSA) is 87.1 Å². The lowest BCUT2D eigenvalue weighted by Gasteiger charge is -2.06. The summed E-state index contributed by atoms with van der Waals surface area (Å²) in [7, 11) is 1.55. The third-order valence-electron chi connectivity index (χ3n) is 2.90. The maximum atomic E-state index is 5.92. The first-order valence-corrected chi connectivity index (χ1v) is 5.96. The molecule has 6 nitrogen and oxygen atoms in total. The highest BCUT2D eigenvalue weighted by Crippen LogP contribution is 2.39. The van der Waals surface area contributed by atoms with Crippen molar-refractivity contribution in [2.75, 3.05) is 12.8 Å². The van der Waals surface area contributed by atoms with Gasteiger partial charge in [-0.3, -0.25) is 4.98 Å². The van der Waals surface area contributed by atoms with Crippen LogP contribution in [0.2, 0.25) is 0 Å². The van der Waals surface area contributed by atoms with E-state index < -0.39 is 0 Å². The monoisotopic (exact) mass is 268 g/mol. The van der Waals surface area contributed by atoms with Gasteiger partial charge >= 0.3 is 0 Å². The summed E-state index contributed by atoms with van der Waals surface area (Å²) in [6.45, 7) is 0. The first kappa shape index (κ1) is 12.2. The lowest BCUT2D eigenvalue weighted by atomic mass is 10.0. The number of ether oxygens (including phenoxy) is 1. The summed E-state index contributed by atoms with van der Waals surface area (Å²) in [5.41, 5.74) is 8.20. The second-order valence-electron chi connectivity index (χ2n) is 4.07. The van der Waals surface area contributed by atoms with Gasteiger partial charge in [0.2, 0.25) is 5.88 Å². The van der Waals surface area contributed by atoms with Gasteiger partial charge < -0.3 is 15.0 Å². The average molecular weight is 268 g/mol. The van der Waals surface area contributed by atoms with Crippen molar-refractivity contribution in [2.24, 2.45) is 0 Å². The van der Waals surface area contributed by atoms with Crippen LogP contribution in [0.4, 0.5) is 5.82 Å². The van der Waals surface area contributed by atoms with Crippen molar-refractivity contribution in [1.82, 2.24) is 15.1 Å². The van der Waals surface area contributed by atoms with Gasteiger partial charge in [-0.25, -0.2) is 4.98 Å². The number of anilines is 1. The molecule has 100 valence electrons. The van der Waals surface area contributed by atoms with Crippen molar-refractivity contribution >= 4 is 5.82 Å². The molecule has 3 rings (SSSR count). The van der Waals surface area contributed by atoms with Crippen LogP contribution in [-0.4, -0.2) is 22.2 Å². The summed E-state index contributed by atoms with van der Waals surface area (Å²) in [5.74, 6) is 1.30. The number of nitrogens with two attached hydrogens (primary N) is 1. The molecule has 2 N–H and O–H groups in total. The van der Waals surface area contributed by atoms with Crippen LogP contribution < -0.4 is 10.5 Å². The molecule has 0 amide bonds. The Balaban J connectivity index is 2.22. The fourth-order valence-corrected chi connectivity index (χ4v) is 2.01. The van der Waals surface area contributed by atoms with Crippen LogP contribution >= 0.6 is 0 Å². The van der Waals surface area contributed by atoms with Gasteiger partial charge in [-0.1, -0.05) is 5.16 Å². The van der Waals surface area contributed by atoms with E-state index in [9.17, 15) is 0 Å². The van der Waals surface area contributed by atoms with E-state index in [1.165, 1.54) is 0 Å². The van der Waals surface area contributed by atoms with Gasteiger partial charge in [-0.15, -0.1) is 0 Å². The molecule has 0 aliphatic heterocycles. The highest BCUT2D eigenvalue weighted by molar-refractivity contribution is 5.87. The Morgan fingerprint density at radius 2 is 1.95 bits per heavy atom. The second-order valence-corrected chi connectivity index (χ2v) is 4.07. The molecule has 0 saturated carbocycles. The van der Waals surface area contributed by atoms with E-state index in [1.807, 2.05) is 18.2 Å². The maximum absolute atomic E-state index is 5.92. The van der Waals surface area contributed by atoms with E-state index in [-0.39, 0.29) is 0 Å². The smallest absolute Gasteiger partial charge is 0.224 e. The van der Waals surface area contributed by atoms with E-state index in [2.05, 4.69) is 15.1 Å². The molecule has 3 aromatic heterocycles. The van der Waals surface area contributed by atoms with Crippen molar-refractivity contribution in [3.63, 3.8) is 0 Å². The zero-order valence-corrected chi connectivity index (χ0v) is 10.8. The van der Waals surface area contributed by atoms with Crippen LogP contribution in [0.3, 0.4) is 0 Å². The summed E-state index contributed by atoms with van der Waals surface area (Å²) in [4.78, 5) is 8.15. The number of hydrogen-bond donors (Lipinski definition) is 1. The molecule has 0 bridgehead atoms. The van der Waals surface area contributed by atoms with E-state index in [0.29, 0.717) is 28.6 Å². The molecule has 0 saturated heterocycles. The summed E-state index contributed by atoms with van der Waals surface area (Å²) in [6.07, 6.45) is 5.02. The molecule has 0 atom stereocenters. The van der Waals surface area contributed by atoms with Crippen LogP contribution in [0.5, 0.6) is 5.88 Å². The minimum Gasteiger partial charge on any atom is -0.480 e. The van der Waals surface area contributed by atoms with Crippen LogP contribution in [0, 0.1) is 0 Å². The number of nitrogens with zero attached hydrogens (tertiary/aromatic N) is 3. The Bertz CT molecular complexity index is 725. The van der Waals surface area contributed by atoms with Crippen molar-refractivity contribution in [3.8, 4) is 28.3 Å². The lowest BCUT2D eigenvalue weighted by molar-refractivity contribution is 0.393. The molecule has 0 aliphatic rings. The molecule has 0 radical (unpaired) electrons. The standard InChI is InChI=1S/C14H12N4O2/c1-19-14-10(3-2-6-17-14)12-11(13(15)18-20-12)9-4-7-16-8-5-9/h2-8H,1H3,(H2,15,18). The summed E-state index contributed by atoms with van der Waals surface area (Å²) < 4.78 is 10.6. The highest BCUT2D eigenvalue weighted by Gasteiger charge is 2.20. The van der Waals surface area contributed by atoms with Crippen molar-refractivity contribution in [3.05, 3.63) is 42.9 Å². The van der Waals surface area contributed by atoms with Gasteiger partial charge in [0.15, 0.2) is 11.6 Å². The highest BCUT2D eigenvalue weighted by atomic mass is 16.5. The quantitative estimate of drug-likeness (QED) is 0.784. The lowest BCUT2D eigenvalue weighted by Crippen LogP contribution is -1.92. The summed E-state index contributed by atoms with van der Waals surface area (Å²) >= 11 is 0. The van der Waals surface area contributed by atoms with Crippen LogP contribution in [-0.2, 0) is 0 Å². The molecule has 20 heavy (non-hydrogen) atoms. The molecule has 3 aromatic rings. The predicted molar refractivity (Wildman–Crippen MR) is 73.9 cm³/mol. The first-order valence-electron chi connectivity index (χ1n) is 5.96. The largest absolute Gasteiger partial charge is 0.480 e. The van der Waals surface area contributed by atoms with Crippen molar-refractivity contribution in [2.45, 2.75) is 0 Å². The van der Waals surface area contributed by atoms with Gasteiger partial charge in [-0.2, -0.15) is 0 Å². The van der Waals surface area contributed by atoms with Crippen LogP contribution in [0.15, 0.2) is 47.4 Å². The molecule has 0 aromatic carbocycles. The Hall–Kier alpha value is -2.89. The van der Waals surface area contributed by atoms with Crippen LogP contribution in [0.25, 0.3) is 22.5 Å². The zero-order valence-electron chi connectivity index (χ0n) is 10.8. The van der Waals surface area contributed by atoms with Gasteiger partial charge in [-0.05, 0) is 29.8 Å². The van der Waals surface area contributed by atoms with Gasteiger partial charge in [0, 0.05) is 18.6 Å². The number of pyridine rings is 2. The Labute approximate surface area is 115 Å².